The molecule has 0 aliphatic carbocycles. The fraction of sp³-hybridized carbons (Fsp3) is 0.259. The standard InChI is InChI=1S/C27H24BrClN8O2/c1-14-7-16(3)37(33-14)27-32-23-12-35(25(38)17-5-6-21(29)20(28)9-17)15(2)8-19(23)26(39)36(27)18-10-22-24(30-11-18)34(4)13-31-22/h5-7,9-11,13,15H,8,12H2,1-4H3/t15-/m1/s1. The van der Waals surface area contributed by atoms with E-state index in [0.717, 1.165) is 11.4 Å². The third kappa shape index (κ3) is 4.25. The van der Waals surface area contributed by atoms with E-state index in [1.807, 2.05) is 44.5 Å². The van der Waals surface area contributed by atoms with Gasteiger partial charge in [0.2, 0.25) is 5.95 Å². The lowest BCUT2D eigenvalue weighted by molar-refractivity contribution is 0.0653. The highest BCUT2D eigenvalue weighted by Gasteiger charge is 2.32. The number of aromatic nitrogens is 7. The van der Waals surface area contributed by atoms with E-state index in [0.29, 0.717) is 55.5 Å². The monoisotopic (exact) mass is 606 g/mol. The maximum atomic E-state index is 14.1. The van der Waals surface area contributed by atoms with Crippen molar-refractivity contribution in [3.8, 4) is 11.6 Å². The van der Waals surface area contributed by atoms with Crippen molar-refractivity contribution in [3.63, 3.8) is 0 Å². The van der Waals surface area contributed by atoms with E-state index in [2.05, 4.69) is 31.0 Å². The van der Waals surface area contributed by atoms with Crippen LogP contribution in [0, 0.1) is 13.8 Å². The average molecular weight is 608 g/mol. The molecule has 1 aliphatic heterocycles. The van der Waals surface area contributed by atoms with E-state index in [9.17, 15) is 9.59 Å². The van der Waals surface area contributed by atoms with Gasteiger partial charge in [0, 0.05) is 34.4 Å². The number of pyridine rings is 1. The fourth-order valence-corrected chi connectivity index (χ4v) is 5.54. The molecule has 0 radical (unpaired) electrons. The van der Waals surface area contributed by atoms with E-state index in [1.165, 1.54) is 0 Å². The molecule has 39 heavy (non-hydrogen) atoms. The number of carbonyl (C=O) groups excluding carboxylic acids is 1. The van der Waals surface area contributed by atoms with Crippen LogP contribution in [0.3, 0.4) is 0 Å². The highest BCUT2D eigenvalue weighted by molar-refractivity contribution is 9.10. The Morgan fingerprint density at radius 2 is 1.95 bits per heavy atom. The van der Waals surface area contributed by atoms with Crippen molar-refractivity contribution in [3.05, 3.63) is 90.9 Å². The molecule has 0 spiro atoms. The van der Waals surface area contributed by atoms with Crippen LogP contribution in [0.2, 0.25) is 5.02 Å². The lowest BCUT2D eigenvalue weighted by atomic mass is 9.98. The highest BCUT2D eigenvalue weighted by Crippen LogP contribution is 2.28. The van der Waals surface area contributed by atoms with Crippen LogP contribution in [0.4, 0.5) is 0 Å². The lowest BCUT2D eigenvalue weighted by Crippen LogP contribution is -2.46. The van der Waals surface area contributed by atoms with Crippen LogP contribution in [-0.2, 0) is 20.0 Å². The molecule has 4 aromatic heterocycles. The van der Waals surface area contributed by atoms with Gasteiger partial charge < -0.3 is 9.47 Å². The molecule has 198 valence electrons. The van der Waals surface area contributed by atoms with Crippen LogP contribution >= 0.6 is 27.5 Å². The molecule has 0 saturated carbocycles. The van der Waals surface area contributed by atoms with Gasteiger partial charge in [-0.3, -0.25) is 9.59 Å². The van der Waals surface area contributed by atoms with Gasteiger partial charge in [-0.05, 0) is 73.5 Å². The summed E-state index contributed by atoms with van der Waals surface area (Å²) in [5, 5.41) is 5.14. The first kappa shape index (κ1) is 25.4. The number of carbonyl (C=O) groups is 1. The second-order valence-electron chi connectivity index (χ2n) is 9.82. The van der Waals surface area contributed by atoms with Gasteiger partial charge in [-0.1, -0.05) is 11.6 Å². The average Bonchev–Trinajstić information content (AvgIpc) is 3.45. The van der Waals surface area contributed by atoms with Crippen LogP contribution in [0.25, 0.3) is 22.8 Å². The quantitative estimate of drug-likeness (QED) is 0.303. The molecule has 0 N–H and O–H groups in total. The number of rotatable bonds is 3. The van der Waals surface area contributed by atoms with Crippen molar-refractivity contribution in [2.45, 2.75) is 39.8 Å². The molecule has 0 unspecified atom stereocenters. The predicted molar refractivity (Wildman–Crippen MR) is 151 cm³/mol. The second-order valence-corrected chi connectivity index (χ2v) is 11.1. The summed E-state index contributed by atoms with van der Waals surface area (Å²) in [4.78, 5) is 43.3. The number of hydrogen-bond donors (Lipinski definition) is 0. The molecule has 6 rings (SSSR count). The Morgan fingerprint density at radius 3 is 2.67 bits per heavy atom. The van der Waals surface area contributed by atoms with Gasteiger partial charge in [0.15, 0.2) is 5.65 Å². The molecule has 12 heteroatoms. The van der Waals surface area contributed by atoms with Gasteiger partial charge in [-0.15, -0.1) is 0 Å². The van der Waals surface area contributed by atoms with Gasteiger partial charge in [0.25, 0.3) is 11.5 Å². The van der Waals surface area contributed by atoms with Crippen molar-refractivity contribution in [2.75, 3.05) is 0 Å². The van der Waals surface area contributed by atoms with E-state index in [4.69, 9.17) is 16.6 Å². The van der Waals surface area contributed by atoms with Gasteiger partial charge in [-0.2, -0.15) is 5.10 Å². The molecule has 10 nitrogen and oxygen atoms in total. The van der Waals surface area contributed by atoms with Crippen molar-refractivity contribution in [1.82, 2.24) is 38.8 Å². The normalized spacial score (nSPS) is 15.1. The smallest absolute Gasteiger partial charge is 0.263 e. The zero-order valence-corrected chi connectivity index (χ0v) is 24.0. The summed E-state index contributed by atoms with van der Waals surface area (Å²) in [6.07, 6.45) is 3.69. The number of fused-ring (bicyclic) bond motifs is 2. The zero-order valence-electron chi connectivity index (χ0n) is 21.7. The third-order valence-corrected chi connectivity index (χ3v) is 8.23. The predicted octanol–water partition coefficient (Wildman–Crippen LogP) is 4.32. The second kappa shape index (κ2) is 9.42. The maximum absolute atomic E-state index is 14.1. The summed E-state index contributed by atoms with van der Waals surface area (Å²) in [5.74, 6) is 0.173. The largest absolute Gasteiger partial charge is 0.330 e. The Kier molecular flexibility index (Phi) is 6.15. The third-order valence-electron chi connectivity index (χ3n) is 7.02. The van der Waals surface area contributed by atoms with Crippen molar-refractivity contribution < 1.29 is 4.79 Å². The molecule has 0 fully saturated rings. The molecule has 5 heterocycles. The van der Waals surface area contributed by atoms with Gasteiger partial charge in [0.05, 0.1) is 41.2 Å². The first-order valence-corrected chi connectivity index (χ1v) is 13.5. The first-order valence-electron chi connectivity index (χ1n) is 12.3. The van der Waals surface area contributed by atoms with E-state index >= 15 is 0 Å². The summed E-state index contributed by atoms with van der Waals surface area (Å²) < 4.78 is 5.66. The molecular formula is C27H24BrClN8O2. The number of halogens is 2. The number of aryl methyl sites for hydroxylation is 3. The molecule has 0 saturated heterocycles. The molecular weight excluding hydrogens is 584 g/mol. The summed E-state index contributed by atoms with van der Waals surface area (Å²) in [6, 6.07) is 8.62. The topological polar surface area (TPSA) is 104 Å². The van der Waals surface area contributed by atoms with Crippen molar-refractivity contribution >= 4 is 44.6 Å². The number of amides is 1. The minimum absolute atomic E-state index is 0.158. The summed E-state index contributed by atoms with van der Waals surface area (Å²) in [7, 11) is 1.87. The Morgan fingerprint density at radius 1 is 1.15 bits per heavy atom. The lowest BCUT2D eigenvalue weighted by Gasteiger charge is -2.34. The number of imidazole rings is 1. The number of benzene rings is 1. The van der Waals surface area contributed by atoms with Gasteiger partial charge in [-0.25, -0.2) is 24.2 Å². The number of nitrogens with zero attached hydrogens (tertiary/aromatic N) is 8. The first-order chi connectivity index (χ1) is 18.6. The van der Waals surface area contributed by atoms with Gasteiger partial charge in [0.1, 0.15) is 5.52 Å². The number of hydrogen-bond acceptors (Lipinski definition) is 6. The Hall–Kier alpha value is -3.83. The molecule has 0 bridgehead atoms. The van der Waals surface area contributed by atoms with E-state index < -0.39 is 0 Å². The van der Waals surface area contributed by atoms with Crippen molar-refractivity contribution in [1.29, 1.82) is 0 Å². The summed E-state index contributed by atoms with van der Waals surface area (Å²) >= 11 is 9.54. The minimum atomic E-state index is -0.224. The van der Waals surface area contributed by atoms with Crippen LogP contribution in [0.1, 0.15) is 39.9 Å². The highest BCUT2D eigenvalue weighted by atomic mass is 79.9. The maximum Gasteiger partial charge on any atom is 0.263 e. The van der Waals surface area contributed by atoms with Gasteiger partial charge >= 0.3 is 0 Å². The summed E-state index contributed by atoms with van der Waals surface area (Å²) in [5.41, 5.74) is 4.93. The zero-order chi connectivity index (χ0) is 27.6. The van der Waals surface area contributed by atoms with E-state index in [1.54, 1.807) is 44.9 Å². The fourth-order valence-electron chi connectivity index (χ4n) is 5.05. The van der Waals surface area contributed by atoms with Crippen LogP contribution in [0.15, 0.2) is 52.1 Å². The molecule has 1 amide bonds. The molecule has 5 aromatic rings. The van der Waals surface area contributed by atoms with Crippen LogP contribution in [0.5, 0.6) is 0 Å². The van der Waals surface area contributed by atoms with Crippen LogP contribution in [-0.4, -0.2) is 50.7 Å². The Labute approximate surface area is 237 Å². The van der Waals surface area contributed by atoms with Crippen LogP contribution < -0.4 is 5.56 Å². The van der Waals surface area contributed by atoms with Crippen molar-refractivity contribution in [2.24, 2.45) is 7.05 Å². The Bertz CT molecular complexity index is 1860. The van der Waals surface area contributed by atoms with E-state index in [-0.39, 0.29) is 24.1 Å². The summed E-state index contributed by atoms with van der Waals surface area (Å²) in [6.45, 7) is 5.92. The SMILES string of the molecule is Cc1cc(C)n(-c2nc3c(c(=O)n2-c2cnc4c(c2)ncn4C)C[C@@H](C)N(C(=O)c2ccc(Cl)c(Br)c2)C3)n1. The molecule has 1 aliphatic rings. The minimum Gasteiger partial charge on any atom is -0.330 e. The molecule has 1 aromatic carbocycles. The Balaban J connectivity index is 1.51. The molecule has 1 atom stereocenters.